The van der Waals surface area contributed by atoms with Crippen molar-refractivity contribution >= 4 is 28.8 Å². The fourth-order valence-electron chi connectivity index (χ4n) is 3.99. The molecule has 1 aromatic heterocycles. The Kier molecular flexibility index (Phi) is 7.33. The van der Waals surface area contributed by atoms with Crippen molar-refractivity contribution in [1.29, 1.82) is 0 Å². The van der Waals surface area contributed by atoms with E-state index in [9.17, 15) is 20.0 Å². The molecule has 4 aromatic rings. The van der Waals surface area contributed by atoms with Crippen LogP contribution in [0.3, 0.4) is 0 Å². The van der Waals surface area contributed by atoms with E-state index in [0.717, 1.165) is 16.6 Å². The molecule has 0 radical (unpaired) electrons. The Balaban J connectivity index is 1.56. The summed E-state index contributed by atoms with van der Waals surface area (Å²) in [4.78, 5) is 27.9. The van der Waals surface area contributed by atoms with Crippen molar-refractivity contribution in [1.82, 2.24) is 15.0 Å². The van der Waals surface area contributed by atoms with Gasteiger partial charge in [-0.1, -0.05) is 18.2 Å². The van der Waals surface area contributed by atoms with Crippen LogP contribution < -0.4 is 14.9 Å². The molecule has 0 aliphatic carbocycles. The lowest BCUT2D eigenvalue weighted by atomic mass is 10.1. The number of hydrazone groups is 1. The number of methoxy groups -OCH3 is 2. The summed E-state index contributed by atoms with van der Waals surface area (Å²) in [6.45, 7) is 1.59. The molecule has 1 heterocycles. The van der Waals surface area contributed by atoms with Crippen LogP contribution in [-0.2, 0) is 17.8 Å². The minimum atomic E-state index is -0.678. The number of para-hydroxylation sites is 2. The van der Waals surface area contributed by atoms with Crippen LogP contribution in [0.5, 0.6) is 17.2 Å². The smallest absolute Gasteiger partial charge is 0.311 e. The van der Waals surface area contributed by atoms with Gasteiger partial charge in [-0.25, -0.2) is 10.4 Å². The summed E-state index contributed by atoms with van der Waals surface area (Å²) in [6, 6.07) is 15.9. The maximum Gasteiger partial charge on any atom is 0.311 e. The number of hydrogen-bond acceptors (Lipinski definition) is 8. The monoisotopic (exact) mass is 503 g/mol. The summed E-state index contributed by atoms with van der Waals surface area (Å²) in [6.07, 6.45) is 1.61. The summed E-state index contributed by atoms with van der Waals surface area (Å²) >= 11 is 0. The van der Waals surface area contributed by atoms with Crippen molar-refractivity contribution in [3.05, 3.63) is 87.2 Å². The first-order chi connectivity index (χ1) is 17.8. The van der Waals surface area contributed by atoms with Gasteiger partial charge in [0.15, 0.2) is 11.5 Å². The number of fused-ring (bicyclic) bond motifs is 1. The first kappa shape index (κ1) is 25.2. The number of aromatic hydroxyl groups is 1. The molecular formula is C26H25N5O6. The van der Waals surface area contributed by atoms with Gasteiger partial charge < -0.3 is 19.1 Å². The number of aryl methyl sites for hydroxylation is 1. The number of benzene rings is 3. The minimum Gasteiger partial charge on any atom is -0.502 e. The van der Waals surface area contributed by atoms with Crippen molar-refractivity contribution in [3.63, 3.8) is 0 Å². The van der Waals surface area contributed by atoms with Crippen LogP contribution in [0.1, 0.15) is 22.5 Å². The van der Waals surface area contributed by atoms with E-state index in [1.807, 2.05) is 42.5 Å². The molecule has 11 nitrogen and oxygen atoms in total. The largest absolute Gasteiger partial charge is 0.502 e. The number of carbonyl (C=O) groups is 1. The molecule has 0 unspecified atom stereocenters. The standard InChI is InChI=1S/C26H25N5O6/c1-16-10-18(26(33)21(11-16)31(34)35)14-27-29-25(32)15-30-20-7-5-4-6-19(20)28-24(30)13-17-8-9-22(36-2)23(12-17)37-3/h4-12,14,33H,13,15H2,1-3H3,(H,29,32). The molecule has 0 aliphatic heterocycles. The highest BCUT2D eigenvalue weighted by atomic mass is 16.6. The van der Waals surface area contributed by atoms with Gasteiger partial charge in [-0.05, 0) is 48.4 Å². The number of carbonyl (C=O) groups excluding carboxylic acids is 1. The average molecular weight is 504 g/mol. The third kappa shape index (κ3) is 5.50. The maximum absolute atomic E-state index is 12.8. The van der Waals surface area contributed by atoms with Crippen LogP contribution in [0.2, 0.25) is 0 Å². The molecule has 2 N–H and O–H groups in total. The predicted molar refractivity (Wildman–Crippen MR) is 137 cm³/mol. The molecule has 3 aromatic carbocycles. The maximum atomic E-state index is 12.8. The summed E-state index contributed by atoms with van der Waals surface area (Å²) in [5.74, 6) is 0.914. The molecule has 0 bridgehead atoms. The molecule has 11 heteroatoms. The average Bonchev–Trinajstić information content (AvgIpc) is 3.22. The lowest BCUT2D eigenvalue weighted by molar-refractivity contribution is -0.385. The van der Waals surface area contributed by atoms with E-state index in [-0.39, 0.29) is 12.1 Å². The number of nitrogens with one attached hydrogen (secondary N) is 1. The second-order valence-corrected chi connectivity index (χ2v) is 8.24. The van der Waals surface area contributed by atoms with Gasteiger partial charge in [0.1, 0.15) is 12.4 Å². The van der Waals surface area contributed by atoms with Gasteiger partial charge in [-0.3, -0.25) is 14.9 Å². The third-order valence-electron chi connectivity index (χ3n) is 5.70. The predicted octanol–water partition coefficient (Wildman–Crippen LogP) is 3.72. The minimum absolute atomic E-state index is 0.0690. The zero-order chi connectivity index (χ0) is 26.5. The van der Waals surface area contributed by atoms with Gasteiger partial charge in [0.2, 0.25) is 5.75 Å². The molecule has 0 atom stereocenters. The van der Waals surface area contributed by atoms with Gasteiger partial charge >= 0.3 is 5.69 Å². The van der Waals surface area contributed by atoms with Crippen LogP contribution in [-0.4, -0.2) is 45.9 Å². The zero-order valence-corrected chi connectivity index (χ0v) is 20.5. The highest BCUT2D eigenvalue weighted by molar-refractivity contribution is 5.87. The number of phenolic OH excluding ortho intramolecular Hbond substituents is 1. The van der Waals surface area contributed by atoms with Gasteiger partial charge in [0, 0.05) is 18.1 Å². The number of aromatic nitrogens is 2. The number of ether oxygens (including phenoxy) is 2. The first-order valence-corrected chi connectivity index (χ1v) is 11.3. The Hall–Kier alpha value is -4.93. The second-order valence-electron chi connectivity index (χ2n) is 8.24. The number of nitro groups is 1. The van der Waals surface area contributed by atoms with E-state index in [0.29, 0.717) is 29.3 Å². The van der Waals surface area contributed by atoms with Gasteiger partial charge in [0.05, 0.1) is 36.4 Å². The van der Waals surface area contributed by atoms with Crippen molar-refractivity contribution in [3.8, 4) is 17.2 Å². The SMILES string of the molecule is COc1ccc(Cc2nc3ccccc3n2CC(=O)NN=Cc2cc(C)cc([N+](=O)[O-])c2O)cc1OC. The molecule has 0 aliphatic rings. The summed E-state index contributed by atoms with van der Waals surface area (Å²) in [5, 5.41) is 25.2. The first-order valence-electron chi connectivity index (χ1n) is 11.3. The zero-order valence-electron chi connectivity index (χ0n) is 20.5. The lowest BCUT2D eigenvalue weighted by Gasteiger charge is -2.11. The van der Waals surface area contributed by atoms with Crippen LogP contribution >= 0.6 is 0 Å². The van der Waals surface area contributed by atoms with Gasteiger partial charge in [-0.2, -0.15) is 5.10 Å². The Morgan fingerprint density at radius 1 is 1.16 bits per heavy atom. The fraction of sp³-hybridized carbons (Fsp3) is 0.192. The van der Waals surface area contributed by atoms with Crippen molar-refractivity contribution in [2.24, 2.45) is 5.10 Å². The molecule has 1 amide bonds. The van der Waals surface area contributed by atoms with E-state index in [2.05, 4.69) is 10.5 Å². The number of rotatable bonds is 9. The van der Waals surface area contributed by atoms with Crippen molar-refractivity contribution in [2.75, 3.05) is 14.2 Å². The van der Waals surface area contributed by atoms with Crippen LogP contribution in [0, 0.1) is 17.0 Å². The Morgan fingerprint density at radius 3 is 2.65 bits per heavy atom. The number of nitrogens with zero attached hydrogens (tertiary/aromatic N) is 4. The van der Waals surface area contributed by atoms with E-state index in [1.54, 1.807) is 25.7 Å². The lowest BCUT2D eigenvalue weighted by Crippen LogP contribution is -2.24. The quantitative estimate of drug-likeness (QED) is 0.201. The Labute approximate surface area is 212 Å². The molecule has 0 saturated heterocycles. The van der Waals surface area contributed by atoms with Crippen LogP contribution in [0.4, 0.5) is 5.69 Å². The molecule has 4 rings (SSSR count). The number of amides is 1. The van der Waals surface area contributed by atoms with Crippen LogP contribution in [0.25, 0.3) is 11.0 Å². The fourth-order valence-corrected chi connectivity index (χ4v) is 3.99. The molecule has 190 valence electrons. The second kappa shape index (κ2) is 10.8. The highest BCUT2D eigenvalue weighted by Gasteiger charge is 2.18. The van der Waals surface area contributed by atoms with Crippen LogP contribution in [0.15, 0.2) is 59.7 Å². The summed E-state index contributed by atoms with van der Waals surface area (Å²) < 4.78 is 12.5. The topological polar surface area (TPSA) is 141 Å². The molecule has 0 saturated carbocycles. The van der Waals surface area contributed by atoms with Gasteiger partial charge in [0.25, 0.3) is 5.91 Å². The van der Waals surface area contributed by atoms with Gasteiger partial charge in [-0.15, -0.1) is 0 Å². The van der Waals surface area contributed by atoms with E-state index in [1.165, 1.54) is 18.3 Å². The number of imidazole rings is 1. The summed E-state index contributed by atoms with van der Waals surface area (Å²) in [7, 11) is 3.13. The number of phenols is 1. The third-order valence-corrected chi connectivity index (χ3v) is 5.70. The highest BCUT2D eigenvalue weighted by Crippen LogP contribution is 2.30. The normalized spacial score (nSPS) is 11.1. The van der Waals surface area contributed by atoms with E-state index < -0.39 is 22.3 Å². The Bertz CT molecular complexity index is 1510. The number of nitro benzene ring substituents is 1. The number of hydrogen-bond donors (Lipinski definition) is 2. The van der Waals surface area contributed by atoms with Crippen molar-refractivity contribution < 1.29 is 24.3 Å². The van der Waals surface area contributed by atoms with E-state index in [4.69, 9.17) is 14.5 Å². The molecular weight excluding hydrogens is 478 g/mol. The molecule has 37 heavy (non-hydrogen) atoms. The molecule has 0 spiro atoms. The Morgan fingerprint density at radius 2 is 1.92 bits per heavy atom. The molecule has 0 fully saturated rings. The summed E-state index contributed by atoms with van der Waals surface area (Å²) in [5.41, 5.74) is 5.12. The van der Waals surface area contributed by atoms with E-state index >= 15 is 0 Å². The van der Waals surface area contributed by atoms with Crippen molar-refractivity contribution in [2.45, 2.75) is 19.9 Å².